The standard InChI is InChI=1S/C27H25ClFN5O2/c28-22-10-17(11-23(29)27(22)36)16-3-4-24-20(9-16)25(21(13-31-24)26(35)15-1-2-15)33-18-12-32-34(14-18)19-5-7-30-8-6-19/h3-4,9-15,19,30,36H,1-2,5-8H2,(H,31,33). The van der Waals surface area contributed by atoms with E-state index in [9.17, 15) is 14.3 Å². The SMILES string of the molecule is O=C(c1cnc2ccc(-c3cc(F)c(O)c(Cl)c3)cc2c1Nc1cnn(C2CCNCC2)c1)C1CC1. The predicted molar refractivity (Wildman–Crippen MR) is 138 cm³/mol. The van der Waals surface area contributed by atoms with Crippen LogP contribution in [0.15, 0.2) is 48.9 Å². The van der Waals surface area contributed by atoms with Gasteiger partial charge in [0.15, 0.2) is 17.3 Å². The van der Waals surface area contributed by atoms with Crippen LogP contribution in [0.1, 0.15) is 42.1 Å². The number of Topliss-reactive ketones (excluding diaryl/α,β-unsaturated/α-hetero) is 1. The van der Waals surface area contributed by atoms with Gasteiger partial charge in [0.25, 0.3) is 0 Å². The molecule has 1 aliphatic carbocycles. The summed E-state index contributed by atoms with van der Waals surface area (Å²) in [6, 6.07) is 8.62. The van der Waals surface area contributed by atoms with E-state index in [1.165, 1.54) is 12.1 Å². The van der Waals surface area contributed by atoms with Gasteiger partial charge in [0.1, 0.15) is 0 Å². The monoisotopic (exact) mass is 505 g/mol. The quantitative estimate of drug-likeness (QED) is 0.284. The molecule has 3 heterocycles. The van der Waals surface area contributed by atoms with Gasteiger partial charge in [-0.1, -0.05) is 17.7 Å². The maximum atomic E-state index is 14.2. The molecule has 0 amide bonds. The van der Waals surface area contributed by atoms with Gasteiger partial charge in [-0.2, -0.15) is 5.10 Å². The molecule has 0 spiro atoms. The summed E-state index contributed by atoms with van der Waals surface area (Å²) in [7, 11) is 0. The largest absolute Gasteiger partial charge is 0.504 e. The molecule has 0 bridgehead atoms. The summed E-state index contributed by atoms with van der Waals surface area (Å²) in [5.41, 5.74) is 3.88. The number of rotatable bonds is 6. The van der Waals surface area contributed by atoms with Gasteiger partial charge in [-0.3, -0.25) is 14.5 Å². The number of halogens is 2. The van der Waals surface area contributed by atoms with Crippen molar-refractivity contribution in [3.05, 3.63) is 65.3 Å². The number of pyridine rings is 1. The van der Waals surface area contributed by atoms with Crippen molar-refractivity contribution < 1.29 is 14.3 Å². The van der Waals surface area contributed by atoms with Crippen molar-refractivity contribution in [2.45, 2.75) is 31.7 Å². The number of phenolic OH excluding ortho intramolecular Hbond substituents is 1. The molecule has 184 valence electrons. The molecule has 2 fully saturated rings. The van der Waals surface area contributed by atoms with Crippen LogP contribution < -0.4 is 10.6 Å². The number of benzene rings is 2. The van der Waals surface area contributed by atoms with Gasteiger partial charge in [0.2, 0.25) is 0 Å². The van der Waals surface area contributed by atoms with E-state index in [0.29, 0.717) is 33.9 Å². The third-order valence-corrected chi connectivity index (χ3v) is 7.27. The fourth-order valence-corrected chi connectivity index (χ4v) is 5.02. The first-order valence-corrected chi connectivity index (χ1v) is 12.5. The third-order valence-electron chi connectivity index (χ3n) is 6.99. The van der Waals surface area contributed by atoms with Crippen LogP contribution in [-0.4, -0.2) is 38.7 Å². The van der Waals surface area contributed by atoms with Crippen LogP contribution in [0.4, 0.5) is 15.8 Å². The summed E-state index contributed by atoms with van der Waals surface area (Å²) in [4.78, 5) is 17.7. The lowest BCUT2D eigenvalue weighted by molar-refractivity contribution is 0.0968. The van der Waals surface area contributed by atoms with Crippen LogP contribution >= 0.6 is 11.6 Å². The normalized spacial score (nSPS) is 16.4. The minimum atomic E-state index is -0.794. The Bertz CT molecular complexity index is 1450. The van der Waals surface area contributed by atoms with Crippen LogP contribution in [-0.2, 0) is 0 Å². The maximum Gasteiger partial charge on any atom is 0.170 e. The summed E-state index contributed by atoms with van der Waals surface area (Å²) in [6.07, 6.45) is 9.19. The lowest BCUT2D eigenvalue weighted by Gasteiger charge is -2.22. The second-order valence-electron chi connectivity index (χ2n) is 9.52. The molecule has 2 aliphatic rings. The average Bonchev–Trinajstić information content (AvgIpc) is 3.65. The van der Waals surface area contributed by atoms with E-state index in [1.807, 2.05) is 29.1 Å². The zero-order valence-corrected chi connectivity index (χ0v) is 20.2. The zero-order chi connectivity index (χ0) is 24.8. The Morgan fingerprint density at radius 2 is 1.92 bits per heavy atom. The first-order valence-electron chi connectivity index (χ1n) is 12.1. The summed E-state index contributed by atoms with van der Waals surface area (Å²) >= 11 is 6.03. The number of piperidine rings is 1. The van der Waals surface area contributed by atoms with Gasteiger partial charge >= 0.3 is 0 Å². The predicted octanol–water partition coefficient (Wildman–Crippen LogP) is 5.86. The fraction of sp³-hybridized carbons (Fsp3) is 0.296. The molecule has 4 aromatic rings. The lowest BCUT2D eigenvalue weighted by Crippen LogP contribution is -2.29. The van der Waals surface area contributed by atoms with Crippen molar-refractivity contribution in [2.24, 2.45) is 5.92 Å². The molecule has 7 nitrogen and oxygen atoms in total. The van der Waals surface area contributed by atoms with Crippen LogP contribution in [0.25, 0.3) is 22.0 Å². The van der Waals surface area contributed by atoms with Crippen molar-refractivity contribution in [2.75, 3.05) is 18.4 Å². The molecule has 3 N–H and O–H groups in total. The Hall–Kier alpha value is -3.49. The first kappa shape index (κ1) is 22.9. The summed E-state index contributed by atoms with van der Waals surface area (Å²) in [5, 5.41) is 21.8. The number of phenols is 1. The van der Waals surface area contributed by atoms with Gasteiger partial charge in [-0.25, -0.2) is 4.39 Å². The fourth-order valence-electron chi connectivity index (χ4n) is 4.81. The summed E-state index contributed by atoms with van der Waals surface area (Å²) < 4.78 is 16.2. The number of hydrogen-bond donors (Lipinski definition) is 3. The number of ketones is 1. The second-order valence-corrected chi connectivity index (χ2v) is 9.93. The van der Waals surface area contributed by atoms with Gasteiger partial charge in [-0.15, -0.1) is 0 Å². The Labute approximate surface area is 212 Å². The van der Waals surface area contributed by atoms with Crippen molar-refractivity contribution in [1.29, 1.82) is 0 Å². The van der Waals surface area contributed by atoms with E-state index in [2.05, 4.69) is 20.7 Å². The van der Waals surface area contributed by atoms with Crippen molar-refractivity contribution >= 4 is 39.7 Å². The highest BCUT2D eigenvalue weighted by atomic mass is 35.5. The average molecular weight is 506 g/mol. The second kappa shape index (κ2) is 9.19. The van der Waals surface area contributed by atoms with Gasteiger partial charge in [0.05, 0.1) is 39.7 Å². The van der Waals surface area contributed by atoms with Crippen molar-refractivity contribution in [3.63, 3.8) is 0 Å². The van der Waals surface area contributed by atoms with Crippen molar-refractivity contribution in [1.82, 2.24) is 20.1 Å². The van der Waals surface area contributed by atoms with E-state index in [0.717, 1.165) is 49.8 Å². The zero-order valence-electron chi connectivity index (χ0n) is 19.5. The van der Waals surface area contributed by atoms with Gasteiger partial charge in [0, 0.05) is 23.7 Å². The number of nitrogens with zero attached hydrogens (tertiary/aromatic N) is 3. The Kier molecular flexibility index (Phi) is 5.85. The molecule has 1 aliphatic heterocycles. The van der Waals surface area contributed by atoms with Crippen LogP contribution in [0.5, 0.6) is 5.75 Å². The van der Waals surface area contributed by atoms with Crippen LogP contribution in [0.3, 0.4) is 0 Å². The lowest BCUT2D eigenvalue weighted by atomic mass is 9.99. The number of carbonyl (C=O) groups excluding carboxylic acids is 1. The Morgan fingerprint density at radius 3 is 2.67 bits per heavy atom. The Balaban J connectivity index is 1.44. The molecular formula is C27H25ClFN5O2. The van der Waals surface area contributed by atoms with E-state index in [4.69, 9.17) is 11.6 Å². The number of nitrogens with one attached hydrogen (secondary N) is 2. The van der Waals surface area contributed by atoms with Gasteiger partial charge in [-0.05, 0) is 74.2 Å². The molecule has 9 heteroatoms. The molecule has 6 rings (SSSR count). The van der Waals surface area contributed by atoms with E-state index >= 15 is 0 Å². The number of carbonyl (C=O) groups is 1. The van der Waals surface area contributed by atoms with Gasteiger partial charge < -0.3 is 15.7 Å². The molecule has 0 atom stereocenters. The highest BCUT2D eigenvalue weighted by Gasteiger charge is 2.32. The van der Waals surface area contributed by atoms with E-state index < -0.39 is 11.6 Å². The van der Waals surface area contributed by atoms with Crippen LogP contribution in [0.2, 0.25) is 5.02 Å². The minimum Gasteiger partial charge on any atom is -0.504 e. The first-order chi connectivity index (χ1) is 17.5. The number of aromatic hydroxyl groups is 1. The highest BCUT2D eigenvalue weighted by Crippen LogP contribution is 2.39. The minimum absolute atomic E-state index is 0.0236. The molecule has 1 saturated carbocycles. The van der Waals surface area contributed by atoms with E-state index in [-0.39, 0.29) is 16.7 Å². The molecule has 1 saturated heterocycles. The highest BCUT2D eigenvalue weighted by molar-refractivity contribution is 6.32. The number of aromatic nitrogens is 3. The molecule has 36 heavy (non-hydrogen) atoms. The smallest absolute Gasteiger partial charge is 0.170 e. The molecule has 0 unspecified atom stereocenters. The van der Waals surface area contributed by atoms with Crippen molar-refractivity contribution in [3.8, 4) is 16.9 Å². The number of hydrogen-bond acceptors (Lipinski definition) is 6. The Morgan fingerprint density at radius 1 is 1.11 bits per heavy atom. The van der Waals surface area contributed by atoms with Crippen LogP contribution in [0, 0.1) is 11.7 Å². The molecular weight excluding hydrogens is 481 g/mol. The summed E-state index contributed by atoms with van der Waals surface area (Å²) in [6.45, 7) is 1.93. The maximum absolute atomic E-state index is 14.2. The molecule has 0 radical (unpaired) electrons. The number of fused-ring (bicyclic) bond motifs is 1. The molecule has 2 aromatic carbocycles. The third kappa shape index (κ3) is 4.31. The number of anilines is 2. The topological polar surface area (TPSA) is 92.1 Å². The van der Waals surface area contributed by atoms with E-state index in [1.54, 1.807) is 12.4 Å². The molecule has 2 aromatic heterocycles. The summed E-state index contributed by atoms with van der Waals surface area (Å²) in [5.74, 6) is -1.28.